The van der Waals surface area contributed by atoms with Gasteiger partial charge in [-0.15, -0.1) is 0 Å². The van der Waals surface area contributed by atoms with E-state index >= 15 is 0 Å². The van der Waals surface area contributed by atoms with Gasteiger partial charge in [-0.1, -0.05) is 149 Å². The van der Waals surface area contributed by atoms with Crippen LogP contribution in [-0.4, -0.2) is 23.1 Å². The predicted octanol–water partition coefficient (Wildman–Crippen LogP) is 11.3. The van der Waals surface area contributed by atoms with Crippen molar-refractivity contribution in [3.63, 3.8) is 0 Å². The molecule has 1 atom stereocenters. The Kier molecular flexibility index (Phi) is 29.6. The Morgan fingerprint density at radius 1 is 0.474 bits per heavy atom. The normalized spacial score (nSPS) is 12.1. The molecular formula is C34H66O4. The van der Waals surface area contributed by atoms with Crippen molar-refractivity contribution >= 4 is 11.9 Å². The zero-order valence-electron chi connectivity index (χ0n) is 25.8. The third-order valence-corrected chi connectivity index (χ3v) is 7.83. The van der Waals surface area contributed by atoms with Gasteiger partial charge in [-0.25, -0.2) is 0 Å². The molecule has 1 N–H and O–H groups in total. The molecule has 0 amide bonds. The molecule has 0 aliphatic carbocycles. The smallest absolute Gasteiger partial charge is 0.306 e. The van der Waals surface area contributed by atoms with E-state index in [0.717, 1.165) is 38.5 Å². The van der Waals surface area contributed by atoms with Crippen molar-refractivity contribution in [2.45, 2.75) is 206 Å². The van der Waals surface area contributed by atoms with E-state index in [-0.39, 0.29) is 18.5 Å². The summed E-state index contributed by atoms with van der Waals surface area (Å²) in [5.74, 6) is -0.793. The van der Waals surface area contributed by atoms with E-state index in [1.807, 2.05) is 0 Å². The summed E-state index contributed by atoms with van der Waals surface area (Å²) in [5, 5.41) is 8.89. The summed E-state index contributed by atoms with van der Waals surface area (Å²) < 4.78 is 5.86. The lowest BCUT2D eigenvalue weighted by atomic mass is 10.0. The molecule has 0 aliphatic heterocycles. The average Bonchev–Trinajstić information content (AvgIpc) is 2.90. The van der Waals surface area contributed by atoms with E-state index in [1.54, 1.807) is 0 Å². The van der Waals surface area contributed by atoms with Gasteiger partial charge in [0, 0.05) is 12.8 Å². The topological polar surface area (TPSA) is 63.6 Å². The van der Waals surface area contributed by atoms with Gasteiger partial charge < -0.3 is 9.84 Å². The predicted molar refractivity (Wildman–Crippen MR) is 163 cm³/mol. The number of hydrogen-bond donors (Lipinski definition) is 1. The third kappa shape index (κ3) is 29.5. The van der Waals surface area contributed by atoms with Gasteiger partial charge in [0.25, 0.3) is 0 Å². The van der Waals surface area contributed by atoms with Crippen LogP contribution in [0.1, 0.15) is 200 Å². The standard InChI is InChI=1S/C34H66O4/c1-3-5-7-9-11-13-14-15-16-17-19-21-23-25-31-34(37)38-32(29-26-27-30-33(35)36)28-24-22-20-18-12-10-8-6-4-2/h32H,3-31H2,1-2H3,(H,35,36). The monoisotopic (exact) mass is 538 g/mol. The van der Waals surface area contributed by atoms with Crippen LogP contribution < -0.4 is 0 Å². The van der Waals surface area contributed by atoms with Gasteiger partial charge in [-0.3, -0.25) is 9.59 Å². The Morgan fingerprint density at radius 3 is 1.18 bits per heavy atom. The van der Waals surface area contributed by atoms with Gasteiger partial charge in [-0.2, -0.15) is 0 Å². The fraction of sp³-hybridized carbons (Fsp3) is 0.941. The highest BCUT2D eigenvalue weighted by molar-refractivity contribution is 5.69. The molecule has 4 heteroatoms. The Morgan fingerprint density at radius 2 is 0.789 bits per heavy atom. The lowest BCUT2D eigenvalue weighted by molar-refractivity contribution is -0.150. The maximum Gasteiger partial charge on any atom is 0.306 e. The number of aliphatic carboxylic acids is 1. The fourth-order valence-electron chi connectivity index (χ4n) is 5.30. The molecule has 0 spiro atoms. The van der Waals surface area contributed by atoms with E-state index in [1.165, 1.54) is 128 Å². The molecule has 0 fully saturated rings. The zero-order valence-corrected chi connectivity index (χ0v) is 25.8. The van der Waals surface area contributed by atoms with Gasteiger partial charge in [-0.05, 0) is 38.5 Å². The van der Waals surface area contributed by atoms with Crippen LogP contribution in [0.3, 0.4) is 0 Å². The van der Waals surface area contributed by atoms with Crippen molar-refractivity contribution in [3.05, 3.63) is 0 Å². The zero-order chi connectivity index (χ0) is 27.9. The quantitative estimate of drug-likeness (QED) is 0.0704. The van der Waals surface area contributed by atoms with Crippen LogP contribution in [0.2, 0.25) is 0 Å². The first kappa shape index (κ1) is 36.9. The molecule has 0 aromatic heterocycles. The summed E-state index contributed by atoms with van der Waals surface area (Å²) in [5.41, 5.74) is 0. The van der Waals surface area contributed by atoms with Crippen LogP contribution in [0.4, 0.5) is 0 Å². The fourth-order valence-corrected chi connectivity index (χ4v) is 5.30. The second-order valence-electron chi connectivity index (χ2n) is 11.7. The van der Waals surface area contributed by atoms with Crippen molar-refractivity contribution in [3.8, 4) is 0 Å². The van der Waals surface area contributed by atoms with Gasteiger partial charge in [0.1, 0.15) is 6.10 Å². The van der Waals surface area contributed by atoms with Crippen LogP contribution >= 0.6 is 0 Å². The molecule has 0 aromatic carbocycles. The Bertz CT molecular complexity index is 505. The molecule has 0 saturated carbocycles. The second kappa shape index (κ2) is 30.5. The van der Waals surface area contributed by atoms with Crippen molar-refractivity contribution in [1.82, 2.24) is 0 Å². The van der Waals surface area contributed by atoms with E-state index in [2.05, 4.69) is 13.8 Å². The Labute approximate surface area is 237 Å². The third-order valence-electron chi connectivity index (χ3n) is 7.83. The molecule has 0 bridgehead atoms. The summed E-state index contributed by atoms with van der Waals surface area (Å²) in [4.78, 5) is 23.3. The molecule has 0 heterocycles. The van der Waals surface area contributed by atoms with E-state index in [4.69, 9.17) is 9.84 Å². The number of hydrogen-bond acceptors (Lipinski definition) is 3. The van der Waals surface area contributed by atoms with Crippen LogP contribution in [0.15, 0.2) is 0 Å². The highest BCUT2D eigenvalue weighted by Gasteiger charge is 2.14. The van der Waals surface area contributed by atoms with Gasteiger partial charge in [0.15, 0.2) is 0 Å². The summed E-state index contributed by atoms with van der Waals surface area (Å²) >= 11 is 0. The number of rotatable bonds is 31. The molecule has 4 nitrogen and oxygen atoms in total. The molecule has 226 valence electrons. The number of carbonyl (C=O) groups is 2. The van der Waals surface area contributed by atoms with E-state index in [9.17, 15) is 9.59 Å². The molecule has 38 heavy (non-hydrogen) atoms. The molecular weight excluding hydrogens is 472 g/mol. The number of carbonyl (C=O) groups excluding carboxylic acids is 1. The van der Waals surface area contributed by atoms with E-state index in [0.29, 0.717) is 12.8 Å². The summed E-state index contributed by atoms with van der Waals surface area (Å²) in [6, 6.07) is 0. The van der Waals surface area contributed by atoms with Crippen LogP contribution in [0.25, 0.3) is 0 Å². The molecule has 0 radical (unpaired) electrons. The Hall–Kier alpha value is -1.06. The molecule has 0 rings (SSSR count). The first-order valence-electron chi connectivity index (χ1n) is 17.0. The van der Waals surface area contributed by atoms with Gasteiger partial charge >= 0.3 is 11.9 Å². The van der Waals surface area contributed by atoms with Crippen molar-refractivity contribution < 1.29 is 19.4 Å². The highest BCUT2D eigenvalue weighted by Crippen LogP contribution is 2.18. The minimum absolute atomic E-state index is 0.0347. The van der Waals surface area contributed by atoms with E-state index < -0.39 is 5.97 Å². The summed E-state index contributed by atoms with van der Waals surface area (Å²) in [7, 11) is 0. The molecule has 0 saturated heterocycles. The minimum atomic E-state index is -0.740. The Balaban J connectivity index is 3.85. The molecule has 0 aromatic rings. The summed E-state index contributed by atoms with van der Waals surface area (Å²) in [6.07, 6.45) is 33.9. The minimum Gasteiger partial charge on any atom is -0.481 e. The van der Waals surface area contributed by atoms with Gasteiger partial charge in [0.2, 0.25) is 0 Å². The maximum absolute atomic E-state index is 12.5. The van der Waals surface area contributed by atoms with Crippen LogP contribution in [-0.2, 0) is 14.3 Å². The number of esters is 1. The van der Waals surface area contributed by atoms with Crippen LogP contribution in [0.5, 0.6) is 0 Å². The second-order valence-corrected chi connectivity index (χ2v) is 11.7. The van der Waals surface area contributed by atoms with Crippen LogP contribution in [0, 0.1) is 0 Å². The lowest BCUT2D eigenvalue weighted by Crippen LogP contribution is -2.18. The maximum atomic E-state index is 12.5. The number of carboxylic acid groups (broad SMARTS) is 1. The largest absolute Gasteiger partial charge is 0.481 e. The van der Waals surface area contributed by atoms with Crippen molar-refractivity contribution in [2.24, 2.45) is 0 Å². The lowest BCUT2D eigenvalue weighted by Gasteiger charge is -2.18. The SMILES string of the molecule is CCCCCCCCCCCCCCCCC(=O)OC(CCCCCCCCCCC)CCCCC(=O)O. The number of ether oxygens (including phenoxy) is 1. The number of carboxylic acids is 1. The number of unbranched alkanes of at least 4 members (excludes halogenated alkanes) is 22. The molecule has 1 unspecified atom stereocenters. The van der Waals surface area contributed by atoms with Gasteiger partial charge in [0.05, 0.1) is 0 Å². The average molecular weight is 539 g/mol. The van der Waals surface area contributed by atoms with Crippen molar-refractivity contribution in [1.29, 1.82) is 0 Å². The van der Waals surface area contributed by atoms with Crippen molar-refractivity contribution in [2.75, 3.05) is 0 Å². The first-order valence-corrected chi connectivity index (χ1v) is 17.0. The first-order chi connectivity index (χ1) is 18.6. The summed E-state index contributed by atoms with van der Waals surface area (Å²) in [6.45, 7) is 4.53. The highest BCUT2D eigenvalue weighted by atomic mass is 16.5. The molecule has 0 aliphatic rings.